The van der Waals surface area contributed by atoms with E-state index in [0.29, 0.717) is 16.6 Å². The molecule has 1 aromatic carbocycles. The van der Waals surface area contributed by atoms with E-state index in [1.165, 1.54) is 11.3 Å². The van der Waals surface area contributed by atoms with E-state index in [9.17, 15) is 0 Å². The van der Waals surface area contributed by atoms with Crippen molar-refractivity contribution in [2.24, 2.45) is 5.73 Å². The summed E-state index contributed by atoms with van der Waals surface area (Å²) in [7, 11) is 0. The number of nitrogens with two attached hydrogens (primary N) is 1. The third kappa shape index (κ3) is 2.85. The van der Waals surface area contributed by atoms with E-state index < -0.39 is 0 Å². The summed E-state index contributed by atoms with van der Waals surface area (Å²) in [5.41, 5.74) is 10.2. The van der Waals surface area contributed by atoms with Crippen molar-refractivity contribution >= 4 is 23.2 Å². The molecule has 0 aliphatic rings. The molecule has 0 atom stereocenters. The van der Waals surface area contributed by atoms with Gasteiger partial charge in [0.05, 0.1) is 21.4 Å². The van der Waals surface area contributed by atoms with Gasteiger partial charge in [-0.2, -0.15) is 5.10 Å². The van der Waals surface area contributed by atoms with E-state index in [1.807, 2.05) is 16.8 Å². The predicted octanol–water partition coefficient (Wildman–Crippen LogP) is 3.81. The van der Waals surface area contributed by atoms with Crippen molar-refractivity contribution in [2.75, 3.05) is 6.54 Å². The van der Waals surface area contributed by atoms with Crippen molar-refractivity contribution in [3.8, 4) is 5.69 Å². The van der Waals surface area contributed by atoms with Gasteiger partial charge in [-0.3, -0.25) is 0 Å². The highest BCUT2D eigenvalue weighted by Gasteiger charge is 2.16. The number of aryl methyl sites for hydroxylation is 1. The fraction of sp³-hybridized carbons (Fsp3) is 0.400. The van der Waals surface area contributed by atoms with Crippen LogP contribution >= 0.6 is 23.2 Å². The number of nitrogens with zero attached hydrogens (tertiary/aromatic N) is 2. The minimum absolute atomic E-state index is 0.542. The highest BCUT2D eigenvalue weighted by molar-refractivity contribution is 6.42. The number of hydrogen-bond acceptors (Lipinski definition) is 2. The number of halogens is 2. The van der Waals surface area contributed by atoms with Crippen LogP contribution in [0.1, 0.15) is 30.8 Å². The molecule has 2 aromatic rings. The Morgan fingerprint density at radius 3 is 2.45 bits per heavy atom. The number of aromatic nitrogens is 2. The Morgan fingerprint density at radius 2 is 1.90 bits per heavy atom. The van der Waals surface area contributed by atoms with Gasteiger partial charge < -0.3 is 5.73 Å². The van der Waals surface area contributed by atoms with Gasteiger partial charge in [-0.05, 0) is 49.6 Å². The molecule has 1 aromatic heterocycles. The SMILES string of the molecule is CCc1nn(-c2ccc(Cl)c(Cl)c2)c(CC)c1CCN. The maximum atomic E-state index is 6.11. The van der Waals surface area contributed by atoms with Gasteiger partial charge >= 0.3 is 0 Å². The maximum absolute atomic E-state index is 6.11. The first-order valence-corrected chi connectivity index (χ1v) is 7.63. The fourth-order valence-corrected chi connectivity index (χ4v) is 2.74. The van der Waals surface area contributed by atoms with E-state index >= 15 is 0 Å². The summed E-state index contributed by atoms with van der Waals surface area (Å²) >= 11 is 12.1. The molecule has 0 aliphatic heterocycles. The van der Waals surface area contributed by atoms with E-state index in [4.69, 9.17) is 34.0 Å². The summed E-state index contributed by atoms with van der Waals surface area (Å²) in [5, 5.41) is 5.81. The number of rotatable bonds is 5. The van der Waals surface area contributed by atoms with Crippen LogP contribution in [-0.2, 0) is 19.3 Å². The lowest BCUT2D eigenvalue weighted by atomic mass is 10.1. The molecule has 3 nitrogen and oxygen atoms in total. The van der Waals surface area contributed by atoms with Crippen molar-refractivity contribution in [3.63, 3.8) is 0 Å². The molecule has 2 N–H and O–H groups in total. The van der Waals surface area contributed by atoms with Crippen LogP contribution in [0.4, 0.5) is 0 Å². The lowest BCUT2D eigenvalue weighted by Crippen LogP contribution is -2.07. The second-order valence-corrected chi connectivity index (χ2v) is 5.44. The summed E-state index contributed by atoms with van der Waals surface area (Å²) in [6.45, 7) is 4.87. The zero-order chi connectivity index (χ0) is 14.7. The summed E-state index contributed by atoms with van der Waals surface area (Å²) in [4.78, 5) is 0. The molecule has 2 rings (SSSR count). The largest absolute Gasteiger partial charge is 0.330 e. The Kier molecular flexibility index (Phi) is 5.08. The van der Waals surface area contributed by atoms with Gasteiger partial charge in [-0.15, -0.1) is 0 Å². The van der Waals surface area contributed by atoms with Crippen molar-refractivity contribution in [1.29, 1.82) is 0 Å². The van der Waals surface area contributed by atoms with Crippen LogP contribution < -0.4 is 5.73 Å². The highest BCUT2D eigenvalue weighted by Crippen LogP contribution is 2.27. The van der Waals surface area contributed by atoms with Gasteiger partial charge in [0.15, 0.2) is 0 Å². The molecule has 0 amide bonds. The summed E-state index contributed by atoms with van der Waals surface area (Å²) in [6.07, 6.45) is 2.66. The van der Waals surface area contributed by atoms with Crippen molar-refractivity contribution in [3.05, 3.63) is 45.2 Å². The second-order valence-electron chi connectivity index (χ2n) is 4.63. The molecule has 0 bridgehead atoms. The third-order valence-electron chi connectivity index (χ3n) is 3.38. The summed E-state index contributed by atoms with van der Waals surface area (Å²) in [5.74, 6) is 0. The smallest absolute Gasteiger partial charge is 0.0664 e. The molecule has 0 unspecified atom stereocenters. The van der Waals surface area contributed by atoms with E-state index in [-0.39, 0.29) is 0 Å². The van der Waals surface area contributed by atoms with Gasteiger partial charge in [-0.25, -0.2) is 4.68 Å². The minimum atomic E-state index is 0.542. The molecule has 5 heteroatoms. The minimum Gasteiger partial charge on any atom is -0.330 e. The topological polar surface area (TPSA) is 43.8 Å². The van der Waals surface area contributed by atoms with Gasteiger partial charge in [0, 0.05) is 5.69 Å². The molecule has 0 radical (unpaired) electrons. The average molecular weight is 312 g/mol. The van der Waals surface area contributed by atoms with Crippen LogP contribution in [0.5, 0.6) is 0 Å². The zero-order valence-corrected chi connectivity index (χ0v) is 13.3. The van der Waals surface area contributed by atoms with Gasteiger partial charge in [0.25, 0.3) is 0 Å². The van der Waals surface area contributed by atoms with Crippen LogP contribution in [0.15, 0.2) is 18.2 Å². The zero-order valence-electron chi connectivity index (χ0n) is 11.8. The first kappa shape index (κ1) is 15.4. The van der Waals surface area contributed by atoms with Crippen LogP contribution in [0.25, 0.3) is 5.69 Å². The number of benzene rings is 1. The third-order valence-corrected chi connectivity index (χ3v) is 4.12. The lowest BCUT2D eigenvalue weighted by molar-refractivity contribution is 0.792. The van der Waals surface area contributed by atoms with Gasteiger partial charge in [0.2, 0.25) is 0 Å². The first-order valence-electron chi connectivity index (χ1n) is 6.87. The average Bonchev–Trinajstić information content (AvgIpc) is 2.80. The first-order chi connectivity index (χ1) is 9.62. The highest BCUT2D eigenvalue weighted by atomic mass is 35.5. The lowest BCUT2D eigenvalue weighted by Gasteiger charge is -2.08. The Labute approximate surface area is 129 Å². The quantitative estimate of drug-likeness (QED) is 0.912. The summed E-state index contributed by atoms with van der Waals surface area (Å²) in [6, 6.07) is 5.59. The van der Waals surface area contributed by atoms with Crippen molar-refractivity contribution < 1.29 is 0 Å². The molecular formula is C15H19Cl2N3. The van der Waals surface area contributed by atoms with Gasteiger partial charge in [-0.1, -0.05) is 37.0 Å². The maximum Gasteiger partial charge on any atom is 0.0664 e. The van der Waals surface area contributed by atoms with Crippen molar-refractivity contribution in [1.82, 2.24) is 9.78 Å². The molecular weight excluding hydrogens is 293 g/mol. The Hall–Kier alpha value is -1.03. The fourth-order valence-electron chi connectivity index (χ4n) is 2.45. The Bertz CT molecular complexity index is 605. The Morgan fingerprint density at radius 1 is 1.15 bits per heavy atom. The Balaban J connectivity index is 2.57. The standard InChI is InChI=1S/C15H19Cl2N3/c1-3-14-11(7-8-18)15(4-2)20(19-14)10-5-6-12(16)13(17)9-10/h5-6,9H,3-4,7-8,18H2,1-2H3. The molecule has 0 saturated heterocycles. The van der Waals surface area contributed by atoms with E-state index in [0.717, 1.165) is 30.6 Å². The monoisotopic (exact) mass is 311 g/mol. The van der Waals surface area contributed by atoms with E-state index in [1.54, 1.807) is 6.07 Å². The number of hydrogen-bond donors (Lipinski definition) is 1. The molecule has 0 fully saturated rings. The predicted molar refractivity (Wildman–Crippen MR) is 85.1 cm³/mol. The van der Waals surface area contributed by atoms with Crippen LogP contribution in [0.3, 0.4) is 0 Å². The second kappa shape index (κ2) is 6.61. The molecule has 0 spiro atoms. The molecule has 0 aliphatic carbocycles. The molecule has 0 saturated carbocycles. The molecule has 20 heavy (non-hydrogen) atoms. The normalized spacial score (nSPS) is 11.1. The summed E-state index contributed by atoms with van der Waals surface area (Å²) < 4.78 is 1.96. The molecule has 1 heterocycles. The van der Waals surface area contributed by atoms with E-state index in [2.05, 4.69) is 13.8 Å². The van der Waals surface area contributed by atoms with Gasteiger partial charge in [0.1, 0.15) is 0 Å². The molecule has 108 valence electrons. The van der Waals surface area contributed by atoms with Crippen LogP contribution in [0.2, 0.25) is 10.0 Å². The van der Waals surface area contributed by atoms with Crippen LogP contribution in [-0.4, -0.2) is 16.3 Å². The van der Waals surface area contributed by atoms with Crippen molar-refractivity contribution in [2.45, 2.75) is 33.1 Å². The van der Waals surface area contributed by atoms with Crippen LogP contribution in [0, 0.1) is 0 Å².